The van der Waals surface area contributed by atoms with Crippen LogP contribution in [0.1, 0.15) is 23.6 Å². The predicted octanol–water partition coefficient (Wildman–Crippen LogP) is 4.30. The van der Waals surface area contributed by atoms with E-state index in [4.69, 9.17) is 0 Å². The van der Waals surface area contributed by atoms with Gasteiger partial charge < -0.3 is 14.6 Å². The van der Waals surface area contributed by atoms with E-state index in [2.05, 4.69) is 20.9 Å². The number of imidazole rings is 1. The highest BCUT2D eigenvalue weighted by atomic mass is 79.9. The number of ketones is 1. The minimum atomic E-state index is -0.799. The summed E-state index contributed by atoms with van der Waals surface area (Å²) in [6.07, 6.45) is 5.75. The molecule has 1 amide bonds. The van der Waals surface area contributed by atoms with Gasteiger partial charge in [0.15, 0.2) is 0 Å². The van der Waals surface area contributed by atoms with E-state index in [0.29, 0.717) is 30.6 Å². The first-order chi connectivity index (χ1) is 15.0. The fraction of sp³-hybridized carbons (Fsp3) is 0.174. The molecule has 2 heterocycles. The van der Waals surface area contributed by atoms with Gasteiger partial charge in [0.05, 0.1) is 17.9 Å². The molecule has 0 aliphatic carbocycles. The number of hydrogen-bond acceptors (Lipinski definition) is 4. The molecule has 3 aromatic rings. The van der Waals surface area contributed by atoms with Crippen LogP contribution in [0.15, 0.2) is 77.3 Å². The Hall–Kier alpha value is -3.26. The van der Waals surface area contributed by atoms with Crippen LogP contribution in [-0.4, -0.2) is 37.8 Å². The molecule has 0 radical (unpaired) electrons. The highest BCUT2D eigenvalue weighted by Crippen LogP contribution is 2.39. The summed E-state index contributed by atoms with van der Waals surface area (Å²) < 4.78 is 16.2. The van der Waals surface area contributed by atoms with Gasteiger partial charge in [-0.05, 0) is 36.2 Å². The van der Waals surface area contributed by atoms with Gasteiger partial charge in [-0.1, -0.05) is 40.2 Å². The molecule has 1 aliphatic rings. The van der Waals surface area contributed by atoms with Crippen molar-refractivity contribution in [3.8, 4) is 0 Å². The molecule has 0 unspecified atom stereocenters. The van der Waals surface area contributed by atoms with Crippen LogP contribution in [0.2, 0.25) is 0 Å². The Balaban J connectivity index is 1.72. The molecule has 4 rings (SSSR count). The maximum absolute atomic E-state index is 13.5. The highest BCUT2D eigenvalue weighted by Gasteiger charge is 2.45. The van der Waals surface area contributed by atoms with Crippen molar-refractivity contribution in [3.63, 3.8) is 0 Å². The predicted molar refractivity (Wildman–Crippen MR) is 116 cm³/mol. The lowest BCUT2D eigenvalue weighted by Crippen LogP contribution is -2.31. The van der Waals surface area contributed by atoms with E-state index in [0.717, 1.165) is 4.47 Å². The number of Topliss-reactive ketones (excluding diaryl/α,β-unsaturated/α-hetero) is 1. The van der Waals surface area contributed by atoms with E-state index in [1.165, 1.54) is 29.2 Å². The molecule has 1 fully saturated rings. The van der Waals surface area contributed by atoms with E-state index < -0.39 is 23.5 Å². The van der Waals surface area contributed by atoms with E-state index in [1.807, 2.05) is 10.8 Å². The molecule has 31 heavy (non-hydrogen) atoms. The molecule has 0 saturated carbocycles. The molecule has 1 N–H and O–H groups in total. The number of aryl methyl sites for hydroxylation is 1. The van der Waals surface area contributed by atoms with E-state index in [1.54, 1.807) is 36.8 Å². The molecule has 0 spiro atoms. The first kappa shape index (κ1) is 21.0. The largest absolute Gasteiger partial charge is 0.507 e. The van der Waals surface area contributed by atoms with Gasteiger partial charge in [0.25, 0.3) is 11.7 Å². The summed E-state index contributed by atoms with van der Waals surface area (Å²) in [5, 5.41) is 11.0. The lowest BCUT2D eigenvalue weighted by molar-refractivity contribution is -0.139. The second kappa shape index (κ2) is 8.85. The SMILES string of the molecule is O=C1C(=O)N(CCCn2ccnc2)[C@H](c2ccc(F)cc2)/C1=C(\O)c1ccc(Br)cc1. The van der Waals surface area contributed by atoms with Crippen molar-refractivity contribution in [2.75, 3.05) is 6.54 Å². The quantitative estimate of drug-likeness (QED) is 0.322. The zero-order chi connectivity index (χ0) is 22.0. The second-order valence-electron chi connectivity index (χ2n) is 7.20. The first-order valence-electron chi connectivity index (χ1n) is 9.71. The molecule has 8 heteroatoms. The van der Waals surface area contributed by atoms with Gasteiger partial charge in [-0.15, -0.1) is 0 Å². The van der Waals surface area contributed by atoms with Crippen molar-refractivity contribution in [1.29, 1.82) is 0 Å². The average molecular weight is 484 g/mol. The van der Waals surface area contributed by atoms with Crippen molar-refractivity contribution >= 4 is 33.4 Å². The third kappa shape index (κ3) is 4.29. The third-order valence-electron chi connectivity index (χ3n) is 5.22. The highest BCUT2D eigenvalue weighted by molar-refractivity contribution is 9.10. The number of carbonyl (C=O) groups is 2. The second-order valence-corrected chi connectivity index (χ2v) is 8.12. The topological polar surface area (TPSA) is 75.4 Å². The Kier molecular flexibility index (Phi) is 5.99. The van der Waals surface area contributed by atoms with E-state index in [9.17, 15) is 19.1 Å². The fourth-order valence-electron chi connectivity index (χ4n) is 3.71. The van der Waals surface area contributed by atoms with Crippen LogP contribution in [0.3, 0.4) is 0 Å². The van der Waals surface area contributed by atoms with Crippen LogP contribution in [0.5, 0.6) is 0 Å². The van der Waals surface area contributed by atoms with Gasteiger partial charge in [0.1, 0.15) is 11.6 Å². The number of carbonyl (C=O) groups excluding carboxylic acids is 2. The van der Waals surface area contributed by atoms with Gasteiger partial charge in [-0.3, -0.25) is 9.59 Å². The maximum atomic E-state index is 13.5. The number of rotatable bonds is 6. The molecule has 1 aromatic heterocycles. The van der Waals surface area contributed by atoms with Gasteiger partial charge >= 0.3 is 0 Å². The summed E-state index contributed by atoms with van der Waals surface area (Å²) in [4.78, 5) is 31.2. The van der Waals surface area contributed by atoms with Gasteiger partial charge in [-0.25, -0.2) is 9.37 Å². The number of nitrogens with zero attached hydrogens (tertiary/aromatic N) is 3. The Morgan fingerprint density at radius 2 is 1.77 bits per heavy atom. The molecule has 1 aliphatic heterocycles. The molecular formula is C23H19BrFN3O3. The fourth-order valence-corrected chi connectivity index (χ4v) is 3.97. The van der Waals surface area contributed by atoms with Crippen molar-refractivity contribution in [1.82, 2.24) is 14.5 Å². The Labute approximate surface area is 186 Å². The molecule has 158 valence electrons. The number of aromatic nitrogens is 2. The summed E-state index contributed by atoms with van der Waals surface area (Å²) in [6, 6.07) is 11.6. The number of hydrogen-bond donors (Lipinski definition) is 1. The number of aliphatic hydroxyl groups excluding tert-OH is 1. The molecule has 0 bridgehead atoms. The maximum Gasteiger partial charge on any atom is 0.295 e. The van der Waals surface area contributed by atoms with Gasteiger partial charge in [-0.2, -0.15) is 0 Å². The Morgan fingerprint density at radius 1 is 1.06 bits per heavy atom. The van der Waals surface area contributed by atoms with Crippen molar-refractivity contribution in [2.24, 2.45) is 0 Å². The minimum absolute atomic E-state index is 0.00145. The van der Waals surface area contributed by atoms with Gasteiger partial charge in [0.2, 0.25) is 0 Å². The Bertz CT molecular complexity index is 1130. The monoisotopic (exact) mass is 483 g/mol. The lowest BCUT2D eigenvalue weighted by atomic mass is 9.95. The minimum Gasteiger partial charge on any atom is -0.507 e. The van der Waals surface area contributed by atoms with Crippen LogP contribution in [0.4, 0.5) is 4.39 Å². The van der Waals surface area contributed by atoms with Crippen LogP contribution in [0, 0.1) is 5.82 Å². The molecule has 1 atom stereocenters. The summed E-state index contributed by atoms with van der Waals surface area (Å²) in [5.74, 6) is -2.11. The Morgan fingerprint density at radius 3 is 2.42 bits per heavy atom. The lowest BCUT2D eigenvalue weighted by Gasteiger charge is -2.25. The molecular weight excluding hydrogens is 465 g/mol. The zero-order valence-corrected chi connectivity index (χ0v) is 18.0. The molecule has 1 saturated heterocycles. The van der Waals surface area contributed by atoms with Gasteiger partial charge in [0, 0.05) is 35.5 Å². The number of likely N-dealkylation sites (tertiary alicyclic amines) is 1. The summed E-state index contributed by atoms with van der Waals surface area (Å²) >= 11 is 3.34. The number of aliphatic hydroxyl groups is 1. The normalized spacial score (nSPS) is 18.0. The van der Waals surface area contributed by atoms with E-state index >= 15 is 0 Å². The average Bonchev–Trinajstić information content (AvgIpc) is 3.37. The standard InChI is InChI=1S/C23H19BrFN3O3/c24-17-6-2-16(3-7-17)21(29)19-20(15-4-8-18(25)9-5-15)28(23(31)22(19)30)12-1-11-27-13-10-26-14-27/h2-10,13-14,20,29H,1,11-12H2/b21-19+/t20-/m1/s1. The van der Waals surface area contributed by atoms with Crippen molar-refractivity contribution < 1.29 is 19.1 Å². The van der Waals surface area contributed by atoms with Crippen LogP contribution < -0.4 is 0 Å². The van der Waals surface area contributed by atoms with E-state index in [-0.39, 0.29) is 11.3 Å². The van der Waals surface area contributed by atoms with Crippen LogP contribution in [0.25, 0.3) is 5.76 Å². The smallest absolute Gasteiger partial charge is 0.295 e. The van der Waals surface area contributed by atoms with Crippen molar-refractivity contribution in [3.05, 3.63) is 94.2 Å². The summed E-state index contributed by atoms with van der Waals surface area (Å²) in [7, 11) is 0. The zero-order valence-electron chi connectivity index (χ0n) is 16.4. The van der Waals surface area contributed by atoms with Crippen LogP contribution in [-0.2, 0) is 16.1 Å². The summed E-state index contributed by atoms with van der Waals surface area (Å²) in [5.41, 5.74) is 0.982. The van der Waals surface area contributed by atoms with Crippen molar-refractivity contribution in [2.45, 2.75) is 19.0 Å². The molecule has 2 aromatic carbocycles. The van der Waals surface area contributed by atoms with Crippen LogP contribution >= 0.6 is 15.9 Å². The third-order valence-corrected chi connectivity index (χ3v) is 5.75. The number of halogens is 2. The number of benzene rings is 2. The first-order valence-corrected chi connectivity index (χ1v) is 10.5. The number of amides is 1. The molecule has 6 nitrogen and oxygen atoms in total. The summed E-state index contributed by atoms with van der Waals surface area (Å²) in [6.45, 7) is 0.910.